The molecule has 2 bridgehead atoms. The van der Waals surface area contributed by atoms with E-state index in [-0.39, 0.29) is 0 Å². The Bertz CT molecular complexity index is 571. The van der Waals surface area contributed by atoms with Gasteiger partial charge in [0.2, 0.25) is 0 Å². The van der Waals surface area contributed by atoms with Crippen LogP contribution in [0, 0.1) is 23.2 Å². The minimum Gasteiger partial charge on any atom is -0.497 e. The Labute approximate surface area is 152 Å². The molecule has 4 rings (SSSR count). The van der Waals surface area contributed by atoms with E-state index in [1.807, 2.05) is 12.1 Å². The molecule has 0 aromatic heterocycles. The average Bonchev–Trinajstić information content (AvgIpc) is 2.64. The van der Waals surface area contributed by atoms with Gasteiger partial charge >= 0.3 is 0 Å². The van der Waals surface area contributed by atoms with Crippen LogP contribution in [0.5, 0.6) is 11.5 Å². The maximum absolute atomic E-state index is 5.45. The second-order valence-corrected chi connectivity index (χ2v) is 8.26. The molecule has 0 heterocycles. The Hall–Kier alpha value is -1.26. The van der Waals surface area contributed by atoms with Crippen molar-refractivity contribution in [3.8, 4) is 11.5 Å². The van der Waals surface area contributed by atoms with Gasteiger partial charge in [-0.3, -0.25) is 0 Å². The zero-order valence-electron chi connectivity index (χ0n) is 16.2. The third kappa shape index (κ3) is 3.95. The quantitative estimate of drug-likeness (QED) is 0.672. The number of methoxy groups -OCH3 is 2. The van der Waals surface area contributed by atoms with Crippen molar-refractivity contribution < 1.29 is 9.47 Å². The Kier molecular flexibility index (Phi) is 5.90. The molecule has 0 spiro atoms. The van der Waals surface area contributed by atoms with Gasteiger partial charge in [-0.1, -0.05) is 19.9 Å². The summed E-state index contributed by atoms with van der Waals surface area (Å²) in [6, 6.07) is 5.98. The van der Waals surface area contributed by atoms with Crippen molar-refractivity contribution in [3.05, 3.63) is 23.8 Å². The first-order chi connectivity index (χ1) is 12.1. The van der Waals surface area contributed by atoms with Crippen LogP contribution in [0.4, 0.5) is 0 Å². The Morgan fingerprint density at radius 1 is 1.08 bits per heavy atom. The molecule has 1 aromatic rings. The second-order valence-electron chi connectivity index (χ2n) is 8.26. The molecule has 3 aliphatic carbocycles. The molecule has 0 saturated heterocycles. The third-order valence-corrected chi connectivity index (χ3v) is 6.70. The van der Waals surface area contributed by atoms with Crippen LogP contribution in [0.15, 0.2) is 18.2 Å². The standard InChI is InChI=1S/C21H34N2O2/c1-21(2)17-7-5-15(19(21)11-17)13-22-9-10-23-14-16-6-8-18(24-3)12-20(16)25-4/h6,8,12,15,17,19,22-23H,5,7,9-11,13-14H2,1-4H3/t15-,17-,19-/m0/s1. The predicted molar refractivity (Wildman–Crippen MR) is 102 cm³/mol. The van der Waals surface area contributed by atoms with Crippen LogP contribution >= 0.6 is 0 Å². The molecule has 0 unspecified atom stereocenters. The number of fused-ring (bicyclic) bond motifs is 2. The Balaban J connectivity index is 1.34. The number of ether oxygens (including phenoxy) is 2. The topological polar surface area (TPSA) is 42.5 Å². The van der Waals surface area contributed by atoms with Crippen molar-refractivity contribution >= 4 is 0 Å². The van der Waals surface area contributed by atoms with Crippen molar-refractivity contribution in [1.29, 1.82) is 0 Å². The predicted octanol–water partition coefficient (Wildman–Crippen LogP) is 3.46. The number of hydrogen-bond acceptors (Lipinski definition) is 4. The smallest absolute Gasteiger partial charge is 0.127 e. The fraction of sp³-hybridized carbons (Fsp3) is 0.714. The molecule has 3 fully saturated rings. The first-order valence-electron chi connectivity index (χ1n) is 9.68. The van der Waals surface area contributed by atoms with Gasteiger partial charge in [0.1, 0.15) is 11.5 Å². The van der Waals surface area contributed by atoms with E-state index < -0.39 is 0 Å². The van der Waals surface area contributed by atoms with Crippen molar-refractivity contribution in [3.63, 3.8) is 0 Å². The van der Waals surface area contributed by atoms with E-state index in [1.54, 1.807) is 14.2 Å². The summed E-state index contributed by atoms with van der Waals surface area (Å²) in [5.41, 5.74) is 1.76. The fourth-order valence-electron chi connectivity index (χ4n) is 4.89. The molecule has 3 atom stereocenters. The van der Waals surface area contributed by atoms with E-state index in [0.717, 1.165) is 54.5 Å². The van der Waals surface area contributed by atoms with Gasteiger partial charge in [-0.05, 0) is 55.0 Å². The van der Waals surface area contributed by atoms with Gasteiger partial charge in [0, 0.05) is 31.3 Å². The lowest BCUT2D eigenvalue weighted by molar-refractivity contribution is -0.103. The average molecular weight is 347 g/mol. The van der Waals surface area contributed by atoms with Crippen molar-refractivity contribution in [2.45, 2.75) is 39.7 Å². The van der Waals surface area contributed by atoms with Crippen LogP contribution in [0.2, 0.25) is 0 Å². The van der Waals surface area contributed by atoms with Crippen molar-refractivity contribution in [1.82, 2.24) is 10.6 Å². The summed E-state index contributed by atoms with van der Waals surface area (Å²) in [5, 5.41) is 7.17. The van der Waals surface area contributed by atoms with E-state index in [2.05, 4.69) is 30.5 Å². The molecular weight excluding hydrogens is 312 g/mol. The molecule has 2 N–H and O–H groups in total. The van der Waals surface area contributed by atoms with Gasteiger partial charge in [-0.2, -0.15) is 0 Å². The van der Waals surface area contributed by atoms with Gasteiger partial charge in [0.05, 0.1) is 14.2 Å². The van der Waals surface area contributed by atoms with Gasteiger partial charge in [-0.15, -0.1) is 0 Å². The lowest BCUT2D eigenvalue weighted by atomic mass is 9.45. The van der Waals surface area contributed by atoms with Gasteiger partial charge in [0.25, 0.3) is 0 Å². The summed E-state index contributed by atoms with van der Waals surface area (Å²) in [6.45, 7) is 8.93. The van der Waals surface area contributed by atoms with Crippen LogP contribution < -0.4 is 20.1 Å². The lowest BCUT2D eigenvalue weighted by Gasteiger charge is -2.60. The van der Waals surface area contributed by atoms with Gasteiger partial charge in [0.15, 0.2) is 0 Å². The SMILES string of the molecule is COc1ccc(CNCCNC[C@@H]2CC[C@H]3C[C@@H]2C3(C)C)c(OC)c1. The maximum Gasteiger partial charge on any atom is 0.127 e. The second kappa shape index (κ2) is 7.96. The van der Waals surface area contributed by atoms with Gasteiger partial charge in [-0.25, -0.2) is 0 Å². The van der Waals surface area contributed by atoms with Crippen molar-refractivity contribution in [2.24, 2.45) is 23.2 Å². The molecule has 3 aliphatic rings. The Morgan fingerprint density at radius 2 is 1.88 bits per heavy atom. The largest absolute Gasteiger partial charge is 0.497 e. The van der Waals surface area contributed by atoms with Crippen LogP contribution in [0.25, 0.3) is 0 Å². The molecule has 3 saturated carbocycles. The van der Waals surface area contributed by atoms with E-state index >= 15 is 0 Å². The number of rotatable bonds is 9. The molecular formula is C21H34N2O2. The minimum absolute atomic E-state index is 0.591. The normalized spacial score (nSPS) is 26.8. The van der Waals surface area contributed by atoms with E-state index in [1.165, 1.54) is 25.8 Å². The summed E-state index contributed by atoms with van der Waals surface area (Å²) in [7, 11) is 3.38. The summed E-state index contributed by atoms with van der Waals surface area (Å²) in [4.78, 5) is 0. The zero-order valence-corrected chi connectivity index (χ0v) is 16.2. The fourth-order valence-corrected chi connectivity index (χ4v) is 4.89. The van der Waals surface area contributed by atoms with Crippen LogP contribution in [0.1, 0.15) is 38.7 Å². The van der Waals surface area contributed by atoms with E-state index in [0.29, 0.717) is 5.41 Å². The third-order valence-electron chi connectivity index (χ3n) is 6.70. The monoisotopic (exact) mass is 346 g/mol. The molecule has 0 radical (unpaired) electrons. The van der Waals surface area contributed by atoms with E-state index in [9.17, 15) is 0 Å². The van der Waals surface area contributed by atoms with Gasteiger partial charge < -0.3 is 20.1 Å². The number of hydrogen-bond donors (Lipinski definition) is 2. The molecule has 25 heavy (non-hydrogen) atoms. The van der Waals surface area contributed by atoms with Crippen LogP contribution in [0.3, 0.4) is 0 Å². The summed E-state index contributed by atoms with van der Waals surface area (Å²) < 4.78 is 10.7. The molecule has 0 aliphatic heterocycles. The summed E-state index contributed by atoms with van der Waals surface area (Å²) in [5.74, 6) is 4.52. The maximum atomic E-state index is 5.45. The molecule has 4 nitrogen and oxygen atoms in total. The highest BCUT2D eigenvalue weighted by Gasteiger charge is 2.53. The summed E-state index contributed by atoms with van der Waals surface area (Å²) in [6.07, 6.45) is 4.32. The first kappa shape index (κ1) is 18.5. The lowest BCUT2D eigenvalue weighted by Crippen LogP contribution is -2.54. The molecule has 4 heteroatoms. The minimum atomic E-state index is 0.591. The molecule has 0 amide bonds. The van der Waals surface area contributed by atoms with Crippen LogP contribution in [-0.4, -0.2) is 33.9 Å². The van der Waals surface area contributed by atoms with Crippen LogP contribution in [-0.2, 0) is 6.54 Å². The number of nitrogens with one attached hydrogen (secondary N) is 2. The summed E-state index contributed by atoms with van der Waals surface area (Å²) >= 11 is 0. The Morgan fingerprint density at radius 3 is 2.56 bits per heavy atom. The zero-order chi connectivity index (χ0) is 17.9. The highest BCUT2D eigenvalue weighted by atomic mass is 16.5. The molecule has 140 valence electrons. The number of benzene rings is 1. The first-order valence-corrected chi connectivity index (χ1v) is 9.68. The van der Waals surface area contributed by atoms with Crippen molar-refractivity contribution in [2.75, 3.05) is 33.9 Å². The van der Waals surface area contributed by atoms with E-state index in [4.69, 9.17) is 9.47 Å². The highest BCUT2D eigenvalue weighted by molar-refractivity contribution is 5.40. The molecule has 1 aromatic carbocycles. The highest BCUT2D eigenvalue weighted by Crippen LogP contribution is 2.61.